The molecule has 0 amide bonds. The van der Waals surface area contributed by atoms with E-state index in [-0.39, 0.29) is 11.5 Å². The van der Waals surface area contributed by atoms with Gasteiger partial charge in [-0.15, -0.1) is 0 Å². The number of carbonyl (C=O) groups excluding carboxylic acids is 1. The van der Waals surface area contributed by atoms with Gasteiger partial charge in [0.1, 0.15) is 5.69 Å². The molecule has 2 aromatic rings. The first-order valence-corrected chi connectivity index (χ1v) is 5.03. The molecule has 0 aliphatic carbocycles. The third-order valence-corrected chi connectivity index (χ3v) is 2.37. The Labute approximate surface area is 100 Å². The van der Waals surface area contributed by atoms with Crippen LogP contribution in [0.3, 0.4) is 0 Å². The van der Waals surface area contributed by atoms with Gasteiger partial charge in [-0.1, -0.05) is 17.3 Å². The Balaban J connectivity index is 2.31. The zero-order valence-corrected chi connectivity index (χ0v) is 9.28. The van der Waals surface area contributed by atoms with Crippen LogP contribution in [0, 0.1) is 0 Å². The van der Waals surface area contributed by atoms with Gasteiger partial charge in [0, 0.05) is 18.6 Å². The third-order valence-electron chi connectivity index (χ3n) is 2.37. The molecule has 6 heteroatoms. The zero-order valence-electron chi connectivity index (χ0n) is 9.28. The fourth-order valence-electron chi connectivity index (χ4n) is 1.41. The number of carbonyl (C=O) groups is 1. The van der Waals surface area contributed by atoms with E-state index >= 15 is 0 Å². The van der Waals surface area contributed by atoms with Gasteiger partial charge in [-0.05, 0) is 12.1 Å². The quantitative estimate of drug-likeness (QED) is 0.770. The van der Waals surface area contributed by atoms with Gasteiger partial charge in [0.2, 0.25) is 5.76 Å². The van der Waals surface area contributed by atoms with Crippen LogP contribution < -0.4 is 0 Å². The highest BCUT2D eigenvalue weighted by Crippen LogP contribution is 2.30. The van der Waals surface area contributed by atoms with E-state index in [1.54, 1.807) is 0 Å². The molecule has 1 heterocycles. The van der Waals surface area contributed by atoms with Crippen molar-refractivity contribution in [1.29, 1.82) is 0 Å². The van der Waals surface area contributed by atoms with Gasteiger partial charge in [-0.3, -0.25) is 4.79 Å². The molecular formula is C12H8F3NO2. The van der Waals surface area contributed by atoms with Crippen molar-refractivity contribution in [2.24, 2.45) is 0 Å². The SMILES string of the molecule is CC(=O)c1cc(-c2ccc(C(F)(F)F)cc2)no1. The lowest BCUT2D eigenvalue weighted by molar-refractivity contribution is -0.137. The highest BCUT2D eigenvalue weighted by atomic mass is 19.4. The molecule has 1 aromatic carbocycles. The topological polar surface area (TPSA) is 43.1 Å². The predicted molar refractivity (Wildman–Crippen MR) is 56.9 cm³/mol. The molecule has 0 bridgehead atoms. The molecule has 0 radical (unpaired) electrons. The van der Waals surface area contributed by atoms with E-state index in [1.807, 2.05) is 0 Å². The van der Waals surface area contributed by atoms with Crippen LogP contribution in [0.1, 0.15) is 23.0 Å². The smallest absolute Gasteiger partial charge is 0.353 e. The number of hydrogen-bond donors (Lipinski definition) is 0. The maximum Gasteiger partial charge on any atom is 0.416 e. The minimum atomic E-state index is -4.37. The summed E-state index contributed by atoms with van der Waals surface area (Å²) < 4.78 is 41.8. The molecule has 0 saturated carbocycles. The lowest BCUT2D eigenvalue weighted by Gasteiger charge is -2.06. The van der Waals surface area contributed by atoms with E-state index in [9.17, 15) is 18.0 Å². The van der Waals surface area contributed by atoms with E-state index < -0.39 is 11.7 Å². The molecular weight excluding hydrogens is 247 g/mol. The van der Waals surface area contributed by atoms with Gasteiger partial charge in [0.05, 0.1) is 5.56 Å². The number of alkyl halides is 3. The van der Waals surface area contributed by atoms with Crippen LogP contribution in [-0.4, -0.2) is 10.9 Å². The lowest BCUT2D eigenvalue weighted by Crippen LogP contribution is -2.03. The van der Waals surface area contributed by atoms with Gasteiger partial charge in [0.25, 0.3) is 0 Å². The fraction of sp³-hybridized carbons (Fsp3) is 0.167. The summed E-state index contributed by atoms with van der Waals surface area (Å²) in [5.41, 5.74) is 0.0507. The molecule has 0 atom stereocenters. The van der Waals surface area contributed by atoms with E-state index in [0.717, 1.165) is 12.1 Å². The van der Waals surface area contributed by atoms with Gasteiger partial charge in [-0.2, -0.15) is 13.2 Å². The summed E-state index contributed by atoms with van der Waals surface area (Å²) >= 11 is 0. The number of hydrogen-bond acceptors (Lipinski definition) is 3. The molecule has 0 unspecified atom stereocenters. The van der Waals surface area contributed by atoms with E-state index in [1.165, 1.54) is 25.1 Å². The molecule has 1 aromatic heterocycles. The Morgan fingerprint density at radius 3 is 2.28 bits per heavy atom. The van der Waals surface area contributed by atoms with Crippen molar-refractivity contribution in [2.45, 2.75) is 13.1 Å². The van der Waals surface area contributed by atoms with Crippen molar-refractivity contribution >= 4 is 5.78 Å². The Morgan fingerprint density at radius 1 is 1.22 bits per heavy atom. The minimum absolute atomic E-state index is 0.0740. The average Bonchev–Trinajstić information content (AvgIpc) is 2.77. The fourth-order valence-corrected chi connectivity index (χ4v) is 1.41. The third kappa shape index (κ3) is 2.42. The highest BCUT2D eigenvalue weighted by Gasteiger charge is 2.30. The number of benzene rings is 1. The first kappa shape index (κ1) is 12.3. The van der Waals surface area contributed by atoms with Crippen molar-refractivity contribution in [3.63, 3.8) is 0 Å². The summed E-state index contributed by atoms with van der Waals surface area (Å²) in [6, 6.07) is 5.87. The van der Waals surface area contributed by atoms with Crippen LogP contribution in [0.25, 0.3) is 11.3 Å². The van der Waals surface area contributed by atoms with Gasteiger partial charge in [-0.25, -0.2) is 0 Å². The van der Waals surface area contributed by atoms with Crippen LogP contribution in [0.2, 0.25) is 0 Å². The molecule has 18 heavy (non-hydrogen) atoms. The van der Waals surface area contributed by atoms with E-state index in [2.05, 4.69) is 5.16 Å². The number of ketones is 1. The second-order valence-electron chi connectivity index (χ2n) is 3.71. The second kappa shape index (κ2) is 4.29. The number of halogens is 3. The average molecular weight is 255 g/mol. The summed E-state index contributed by atoms with van der Waals surface area (Å²) in [5.74, 6) is -0.217. The normalized spacial score (nSPS) is 11.6. The van der Waals surface area contributed by atoms with Crippen molar-refractivity contribution < 1.29 is 22.5 Å². The van der Waals surface area contributed by atoms with Crippen molar-refractivity contribution in [2.75, 3.05) is 0 Å². The van der Waals surface area contributed by atoms with Crippen molar-refractivity contribution in [3.8, 4) is 11.3 Å². The standard InChI is InChI=1S/C12H8F3NO2/c1-7(17)11-6-10(16-18-11)8-2-4-9(5-3-8)12(13,14)15/h2-6H,1H3. The Morgan fingerprint density at radius 2 is 1.83 bits per heavy atom. The number of aromatic nitrogens is 1. The Bertz CT molecular complexity index is 570. The molecule has 2 rings (SSSR count). The summed E-state index contributed by atoms with van der Waals surface area (Å²) in [6.07, 6.45) is -4.37. The monoisotopic (exact) mass is 255 g/mol. The first-order valence-electron chi connectivity index (χ1n) is 5.03. The first-order chi connectivity index (χ1) is 8.38. The largest absolute Gasteiger partial charge is 0.416 e. The van der Waals surface area contributed by atoms with Gasteiger partial charge >= 0.3 is 6.18 Å². The maximum absolute atomic E-state index is 12.4. The predicted octanol–water partition coefficient (Wildman–Crippen LogP) is 3.56. The summed E-state index contributed by atoms with van der Waals surface area (Å²) in [4.78, 5) is 11.0. The molecule has 0 saturated heterocycles. The van der Waals surface area contributed by atoms with Crippen LogP contribution >= 0.6 is 0 Å². The summed E-state index contributed by atoms with van der Waals surface area (Å²) in [6.45, 7) is 1.32. The number of Topliss-reactive ketones (excluding diaryl/α,β-unsaturated/α-hetero) is 1. The van der Waals surface area contributed by atoms with E-state index in [0.29, 0.717) is 11.3 Å². The van der Waals surface area contributed by atoms with E-state index in [4.69, 9.17) is 4.52 Å². The Hall–Kier alpha value is -2.11. The number of rotatable bonds is 2. The summed E-state index contributed by atoms with van der Waals surface area (Å²) in [5, 5.41) is 3.62. The highest BCUT2D eigenvalue weighted by molar-refractivity contribution is 5.92. The van der Waals surface area contributed by atoms with Crippen LogP contribution in [0.5, 0.6) is 0 Å². The molecule has 0 aliphatic rings. The molecule has 0 aliphatic heterocycles. The van der Waals surface area contributed by atoms with Gasteiger partial charge in [0.15, 0.2) is 5.78 Å². The molecule has 0 N–H and O–H groups in total. The Kier molecular flexibility index (Phi) is 2.94. The molecule has 3 nitrogen and oxygen atoms in total. The minimum Gasteiger partial charge on any atom is -0.353 e. The van der Waals surface area contributed by atoms with Crippen molar-refractivity contribution in [3.05, 3.63) is 41.7 Å². The van der Waals surface area contributed by atoms with Crippen LogP contribution in [0.4, 0.5) is 13.2 Å². The molecule has 0 spiro atoms. The van der Waals surface area contributed by atoms with Gasteiger partial charge < -0.3 is 4.52 Å². The lowest BCUT2D eigenvalue weighted by atomic mass is 10.1. The second-order valence-corrected chi connectivity index (χ2v) is 3.71. The molecule has 94 valence electrons. The molecule has 0 fully saturated rings. The number of nitrogens with zero attached hydrogens (tertiary/aromatic N) is 1. The summed E-state index contributed by atoms with van der Waals surface area (Å²) in [7, 11) is 0. The van der Waals surface area contributed by atoms with Crippen molar-refractivity contribution in [1.82, 2.24) is 5.16 Å². The maximum atomic E-state index is 12.4. The van der Waals surface area contributed by atoms with Crippen LogP contribution in [0.15, 0.2) is 34.9 Å². The van der Waals surface area contributed by atoms with Crippen LogP contribution in [-0.2, 0) is 6.18 Å². The zero-order chi connectivity index (χ0) is 13.3.